The molecule has 2 N–H and O–H groups in total. The van der Waals surface area contributed by atoms with Crippen LogP contribution in [0.4, 0.5) is 10.1 Å². The molecule has 0 saturated carbocycles. The van der Waals surface area contributed by atoms with E-state index in [1.165, 1.54) is 60.6 Å². The maximum atomic E-state index is 12.9. The number of carbonyl (C=O) groups is 1. The number of amides is 1. The Kier molecular flexibility index (Phi) is 5.38. The van der Waals surface area contributed by atoms with Gasteiger partial charge in [-0.3, -0.25) is 4.79 Å². The Balaban J connectivity index is 1.35. The van der Waals surface area contributed by atoms with E-state index >= 15 is 0 Å². The first-order valence-electron chi connectivity index (χ1n) is 9.42. The number of tetrazole rings is 1. The molecular weight excluding hydrogens is 359 g/mol. The van der Waals surface area contributed by atoms with Gasteiger partial charge in [-0.1, -0.05) is 24.3 Å². The van der Waals surface area contributed by atoms with Crippen molar-refractivity contribution in [2.24, 2.45) is 0 Å². The van der Waals surface area contributed by atoms with Crippen molar-refractivity contribution in [1.29, 1.82) is 0 Å². The van der Waals surface area contributed by atoms with Crippen LogP contribution in [0.2, 0.25) is 0 Å². The summed E-state index contributed by atoms with van der Waals surface area (Å²) in [4.78, 5) is 15.0. The van der Waals surface area contributed by atoms with E-state index in [9.17, 15) is 9.18 Å². The molecule has 0 radical (unpaired) electrons. The van der Waals surface area contributed by atoms with E-state index < -0.39 is 0 Å². The predicted octanol–water partition coefficient (Wildman–Crippen LogP) is 1.30. The normalized spacial score (nSPS) is 14.3. The number of likely N-dealkylation sites (tertiary alicyclic amines) is 1. The Morgan fingerprint density at radius 1 is 1.07 bits per heavy atom. The van der Waals surface area contributed by atoms with Gasteiger partial charge in [-0.05, 0) is 29.5 Å². The zero-order valence-electron chi connectivity index (χ0n) is 15.4. The van der Waals surface area contributed by atoms with Crippen molar-refractivity contribution >= 4 is 11.6 Å². The molecule has 1 fully saturated rings. The van der Waals surface area contributed by atoms with Crippen LogP contribution in [-0.2, 0) is 17.9 Å². The minimum atomic E-state index is -0.353. The summed E-state index contributed by atoms with van der Waals surface area (Å²) in [6.45, 7) is 3.47. The standard InChI is InChI=1S/C20H21FN6O/c21-17-7-9-18(10-8-17)22-19(28)14-27-24-20(23-25-27)16-5-3-15(4-6-16)13-26-11-1-2-12-26/h3-10H,1-2,11-14H2,(H,22,28)/p+1. The summed E-state index contributed by atoms with van der Waals surface area (Å²) in [5, 5.41) is 14.9. The van der Waals surface area contributed by atoms with Crippen molar-refractivity contribution in [1.82, 2.24) is 20.2 Å². The van der Waals surface area contributed by atoms with Crippen molar-refractivity contribution in [3.63, 3.8) is 0 Å². The van der Waals surface area contributed by atoms with Crippen LogP contribution >= 0.6 is 0 Å². The Labute approximate surface area is 162 Å². The van der Waals surface area contributed by atoms with Crippen LogP contribution in [0.5, 0.6) is 0 Å². The number of anilines is 1. The Hall–Kier alpha value is -3.13. The molecule has 1 aliphatic heterocycles. The number of benzene rings is 2. The van der Waals surface area contributed by atoms with Crippen LogP contribution in [0.3, 0.4) is 0 Å². The molecule has 0 bridgehead atoms. The lowest BCUT2D eigenvalue weighted by atomic mass is 10.1. The van der Waals surface area contributed by atoms with Crippen LogP contribution in [0.25, 0.3) is 11.4 Å². The van der Waals surface area contributed by atoms with Crippen molar-refractivity contribution in [3.05, 3.63) is 59.9 Å². The minimum absolute atomic E-state index is 0.0687. The number of carbonyl (C=O) groups excluding carboxylic acids is 1. The number of nitrogens with zero attached hydrogens (tertiary/aromatic N) is 4. The predicted molar refractivity (Wildman–Crippen MR) is 102 cm³/mol. The van der Waals surface area contributed by atoms with Gasteiger partial charge in [0.1, 0.15) is 18.9 Å². The van der Waals surface area contributed by atoms with Gasteiger partial charge in [0.15, 0.2) is 0 Å². The maximum absolute atomic E-state index is 12.9. The number of aromatic nitrogens is 4. The number of rotatable bonds is 6. The summed E-state index contributed by atoms with van der Waals surface area (Å²) in [6, 6.07) is 13.8. The van der Waals surface area contributed by atoms with E-state index in [2.05, 4.69) is 32.9 Å². The fraction of sp³-hybridized carbons (Fsp3) is 0.300. The fourth-order valence-electron chi connectivity index (χ4n) is 3.40. The first-order chi connectivity index (χ1) is 13.7. The lowest BCUT2D eigenvalue weighted by Gasteiger charge is -2.11. The molecule has 7 nitrogen and oxygen atoms in total. The molecule has 1 aliphatic rings. The van der Waals surface area contributed by atoms with Crippen molar-refractivity contribution in [2.45, 2.75) is 25.9 Å². The van der Waals surface area contributed by atoms with Gasteiger partial charge in [-0.15, -0.1) is 10.2 Å². The molecule has 28 heavy (non-hydrogen) atoms. The Morgan fingerprint density at radius 2 is 1.79 bits per heavy atom. The number of hydrogen-bond donors (Lipinski definition) is 2. The highest BCUT2D eigenvalue weighted by atomic mass is 19.1. The number of nitrogens with one attached hydrogen (secondary N) is 2. The highest BCUT2D eigenvalue weighted by molar-refractivity contribution is 5.90. The molecule has 1 aromatic heterocycles. The molecule has 8 heteroatoms. The second-order valence-corrected chi connectivity index (χ2v) is 7.03. The molecule has 3 aromatic rings. The van der Waals surface area contributed by atoms with Gasteiger partial charge in [0.05, 0.1) is 13.1 Å². The third kappa shape index (κ3) is 4.58. The average Bonchev–Trinajstić information content (AvgIpc) is 3.36. The molecule has 1 amide bonds. The Morgan fingerprint density at radius 3 is 2.50 bits per heavy atom. The Bertz CT molecular complexity index is 932. The monoisotopic (exact) mass is 381 g/mol. The second-order valence-electron chi connectivity index (χ2n) is 7.03. The molecule has 0 atom stereocenters. The first kappa shape index (κ1) is 18.2. The van der Waals surface area contributed by atoms with Crippen LogP contribution in [0, 0.1) is 5.82 Å². The molecule has 0 aliphatic carbocycles. The SMILES string of the molecule is O=C(Cn1nnc(-c2ccc(C[NH+]3CCCC3)cc2)n1)Nc1ccc(F)cc1. The number of hydrogen-bond acceptors (Lipinski definition) is 4. The van der Waals surface area contributed by atoms with E-state index in [1.54, 1.807) is 4.90 Å². The van der Waals surface area contributed by atoms with Crippen molar-refractivity contribution in [2.75, 3.05) is 18.4 Å². The highest BCUT2D eigenvalue weighted by Crippen LogP contribution is 2.14. The van der Waals surface area contributed by atoms with Gasteiger partial charge < -0.3 is 10.2 Å². The van der Waals surface area contributed by atoms with E-state index in [1.807, 2.05) is 12.1 Å². The third-order valence-electron chi connectivity index (χ3n) is 4.84. The van der Waals surface area contributed by atoms with Gasteiger partial charge >= 0.3 is 0 Å². The van der Waals surface area contributed by atoms with Crippen LogP contribution in [0.1, 0.15) is 18.4 Å². The summed E-state index contributed by atoms with van der Waals surface area (Å²) in [6.07, 6.45) is 2.63. The smallest absolute Gasteiger partial charge is 0.248 e. The van der Waals surface area contributed by atoms with Crippen molar-refractivity contribution in [3.8, 4) is 11.4 Å². The van der Waals surface area contributed by atoms with Gasteiger partial charge in [0, 0.05) is 29.7 Å². The average molecular weight is 381 g/mol. The lowest BCUT2D eigenvalue weighted by molar-refractivity contribution is -0.901. The summed E-state index contributed by atoms with van der Waals surface area (Å²) in [5.41, 5.74) is 2.68. The summed E-state index contributed by atoms with van der Waals surface area (Å²) in [5.74, 6) is -0.178. The number of quaternary nitrogens is 1. The molecular formula is C20H22FN6O+. The van der Waals surface area contributed by atoms with Crippen molar-refractivity contribution < 1.29 is 14.1 Å². The zero-order valence-corrected chi connectivity index (χ0v) is 15.4. The van der Waals surface area contributed by atoms with E-state index in [0.29, 0.717) is 11.5 Å². The van der Waals surface area contributed by atoms with Gasteiger partial charge in [-0.2, -0.15) is 4.80 Å². The third-order valence-corrected chi connectivity index (χ3v) is 4.84. The zero-order chi connectivity index (χ0) is 19.3. The van der Waals surface area contributed by atoms with E-state index in [0.717, 1.165) is 12.1 Å². The summed E-state index contributed by atoms with van der Waals surface area (Å²) < 4.78 is 12.9. The molecule has 0 unspecified atom stereocenters. The lowest BCUT2D eigenvalue weighted by Crippen LogP contribution is -3.08. The van der Waals surface area contributed by atoms with Crippen LogP contribution in [0.15, 0.2) is 48.5 Å². The molecule has 2 aromatic carbocycles. The molecule has 144 valence electrons. The maximum Gasteiger partial charge on any atom is 0.248 e. The van der Waals surface area contributed by atoms with Crippen LogP contribution < -0.4 is 10.2 Å². The second kappa shape index (κ2) is 8.26. The van der Waals surface area contributed by atoms with E-state index in [4.69, 9.17) is 0 Å². The molecule has 1 saturated heterocycles. The first-order valence-corrected chi connectivity index (χ1v) is 9.42. The molecule has 4 rings (SSSR count). The molecule has 0 spiro atoms. The quantitative estimate of drug-likeness (QED) is 0.675. The van der Waals surface area contributed by atoms with Gasteiger partial charge in [0.2, 0.25) is 11.7 Å². The van der Waals surface area contributed by atoms with Gasteiger partial charge in [-0.25, -0.2) is 4.39 Å². The van der Waals surface area contributed by atoms with E-state index in [-0.39, 0.29) is 18.3 Å². The minimum Gasteiger partial charge on any atom is -0.331 e. The fourth-order valence-corrected chi connectivity index (χ4v) is 3.40. The largest absolute Gasteiger partial charge is 0.331 e. The topological polar surface area (TPSA) is 77.1 Å². The molecule has 2 heterocycles. The van der Waals surface area contributed by atoms with Gasteiger partial charge in [0.25, 0.3) is 0 Å². The highest BCUT2D eigenvalue weighted by Gasteiger charge is 2.16. The number of halogens is 1. The summed E-state index contributed by atoms with van der Waals surface area (Å²) in [7, 11) is 0. The summed E-state index contributed by atoms with van der Waals surface area (Å²) >= 11 is 0. The van der Waals surface area contributed by atoms with Crippen LogP contribution in [-0.4, -0.2) is 39.2 Å².